The van der Waals surface area contributed by atoms with Crippen molar-refractivity contribution in [1.29, 1.82) is 0 Å². The zero-order valence-corrected chi connectivity index (χ0v) is 43.4. The summed E-state index contributed by atoms with van der Waals surface area (Å²) < 4.78 is 0. The van der Waals surface area contributed by atoms with Gasteiger partial charge >= 0.3 is 11.9 Å². The summed E-state index contributed by atoms with van der Waals surface area (Å²) in [6.07, 6.45) is 20.1. The van der Waals surface area contributed by atoms with Gasteiger partial charge in [0, 0.05) is 28.6 Å². The van der Waals surface area contributed by atoms with E-state index < -0.39 is 48.3 Å². The molecule has 17 heteroatoms. The maximum Gasteiger partial charge on any atom is 0.327 e. The number of carbonyl (C=O) groups excluding carboxylic acids is 3. The number of thioether (sulfide) groups is 2. The fraction of sp³-hybridized carbons (Fsp3) is 0.453. The highest BCUT2D eigenvalue weighted by molar-refractivity contribution is 7.99. The highest BCUT2D eigenvalue weighted by Crippen LogP contribution is 2.25. The zero-order valence-electron chi connectivity index (χ0n) is 41.8. The molecule has 0 aliphatic carbocycles. The van der Waals surface area contributed by atoms with Crippen LogP contribution >= 0.6 is 23.5 Å². The van der Waals surface area contributed by atoms with Crippen molar-refractivity contribution >= 4 is 58.9 Å². The molecule has 0 aliphatic heterocycles. The van der Waals surface area contributed by atoms with Gasteiger partial charge in [0.15, 0.2) is 11.5 Å². The van der Waals surface area contributed by atoms with Crippen molar-refractivity contribution in [1.82, 2.24) is 16.0 Å². The van der Waals surface area contributed by atoms with Crippen molar-refractivity contribution in [2.45, 2.75) is 118 Å². The molecule has 9 N–H and O–H groups in total. The van der Waals surface area contributed by atoms with Crippen LogP contribution in [-0.4, -0.2) is 104 Å². The molecule has 0 aliphatic rings. The minimum atomic E-state index is -1.15. The lowest BCUT2D eigenvalue weighted by molar-refractivity contribution is -0.141. The molecule has 70 heavy (non-hydrogen) atoms. The highest BCUT2D eigenvalue weighted by atomic mass is 32.2. The molecule has 0 saturated carbocycles. The lowest BCUT2D eigenvalue weighted by Gasteiger charge is -2.14. The van der Waals surface area contributed by atoms with Crippen molar-refractivity contribution in [2.75, 3.05) is 41.4 Å². The Morgan fingerprint density at radius 3 is 1.59 bits per heavy atom. The Kier molecular flexibility index (Phi) is 29.1. The average Bonchev–Trinajstić information content (AvgIpc) is 3.30. The number of carbonyl (C=O) groups is 5. The van der Waals surface area contributed by atoms with Crippen molar-refractivity contribution in [3.05, 3.63) is 123 Å². The molecule has 384 valence electrons. The van der Waals surface area contributed by atoms with Crippen molar-refractivity contribution < 1.29 is 54.4 Å². The van der Waals surface area contributed by atoms with Gasteiger partial charge in [0.05, 0.1) is 13.0 Å². The second-order valence-electron chi connectivity index (χ2n) is 17.5. The van der Waals surface area contributed by atoms with Gasteiger partial charge in [-0.1, -0.05) is 70.4 Å². The van der Waals surface area contributed by atoms with Gasteiger partial charge < -0.3 is 36.4 Å². The number of carboxylic acid groups (broad SMARTS) is 2. The summed E-state index contributed by atoms with van der Waals surface area (Å²) in [4.78, 5) is 66.9. The number of rotatable bonds is 33. The van der Waals surface area contributed by atoms with Crippen LogP contribution in [0, 0.1) is 0 Å². The molecule has 3 amide bonds. The van der Waals surface area contributed by atoms with E-state index in [1.165, 1.54) is 81.7 Å². The Balaban J connectivity index is 1.67. The van der Waals surface area contributed by atoms with E-state index in [1.807, 2.05) is 13.8 Å². The number of allylic oxidation sites excluding steroid dienone is 9. The summed E-state index contributed by atoms with van der Waals surface area (Å²) in [6.45, 7) is 14.3. The zero-order chi connectivity index (χ0) is 52.0. The summed E-state index contributed by atoms with van der Waals surface area (Å²) in [5.41, 5.74) is 8.39. The Bertz CT molecular complexity index is 2210. The van der Waals surface area contributed by atoms with Gasteiger partial charge in [0.1, 0.15) is 24.4 Å². The summed E-state index contributed by atoms with van der Waals surface area (Å²) in [5, 5.41) is 55.0. The smallest absolute Gasteiger partial charge is 0.327 e. The molecule has 2 aromatic carbocycles. The number of nitrogens with zero attached hydrogens (tertiary/aromatic N) is 1. The van der Waals surface area contributed by atoms with E-state index in [-0.39, 0.29) is 41.6 Å². The molecule has 2 aromatic rings. The van der Waals surface area contributed by atoms with Crippen LogP contribution < -0.4 is 21.2 Å². The molecule has 0 saturated heterocycles. The first-order chi connectivity index (χ1) is 33.2. The fourth-order valence-corrected chi connectivity index (χ4v) is 8.42. The minimum Gasteiger partial charge on any atom is -0.504 e. The van der Waals surface area contributed by atoms with Crippen molar-refractivity contribution in [3.8, 4) is 11.5 Å². The number of benzene rings is 2. The molecule has 0 bridgehead atoms. The Morgan fingerprint density at radius 2 is 1.10 bits per heavy atom. The minimum absolute atomic E-state index is 0.129. The third-order valence-electron chi connectivity index (χ3n) is 10.7. The quantitative estimate of drug-likeness (QED) is 0.0116. The summed E-state index contributed by atoms with van der Waals surface area (Å²) >= 11 is 2.82. The number of aromatic hydroxyl groups is 2. The predicted octanol–water partition coefficient (Wildman–Crippen LogP) is 8.87. The number of phenols is 2. The van der Waals surface area contributed by atoms with Crippen LogP contribution in [0.15, 0.2) is 112 Å². The van der Waals surface area contributed by atoms with Crippen LogP contribution in [-0.2, 0) is 30.4 Å². The first-order valence-electron chi connectivity index (χ1n) is 23.4. The molecular weight excluding hydrogens is 933 g/mol. The number of nitrogens with one attached hydrogen (secondary N) is 3. The standard InChI is InChI=1S/C53H74N4O11S2/c1-36(2)12-8-13-37(3)14-9-17-39(5)27-29-70-35-46(53(65)66)56-50(61)32-54-51(62)43-21-23-44(24-22-43)57(67)68-33-41(7)19-11-16-38(4)15-10-18-40(6)26-28-69-34-45(52(63)64)55-49(60)31-42-20-25-47(58)48(59)30-42/h12,14-15,19-27,30,45-46,58-59,67H,8-11,13,16-18,28-29,31-35H2,1-7H3,(H,54,62)(H,55,60)(H,56,61)(H,63,64)(H,65,66)/p+1/b37-14+,38-15+,39-27+,40-26+,41-19+/t45-,46-/m0/s1. The van der Waals surface area contributed by atoms with Crippen LogP contribution in [0.1, 0.15) is 116 Å². The molecule has 0 fully saturated rings. The van der Waals surface area contributed by atoms with E-state index >= 15 is 0 Å². The normalized spacial score (nSPS) is 13.3. The number of amides is 3. The van der Waals surface area contributed by atoms with E-state index in [1.54, 1.807) is 12.1 Å². The van der Waals surface area contributed by atoms with E-state index in [4.69, 9.17) is 10.0 Å². The molecule has 0 spiro atoms. The SMILES string of the molecule is CC(C)=CCC/C(C)=C/CC/C(C)=C/CSC[C@H](NC(=O)CNC(=O)c1ccc(N([OH2+])OC/C(C)=C/CC/C(C)=C/CC/C(C)=C/CSC[C@H](NC(=O)Cc2ccc(O)c(O)c2)C(=O)O)cc1)C(=O)O. The number of anilines is 1. The van der Waals surface area contributed by atoms with Gasteiger partial charge in [-0.25, -0.2) is 14.4 Å². The largest absolute Gasteiger partial charge is 0.504 e. The second-order valence-corrected chi connectivity index (χ2v) is 19.6. The van der Waals surface area contributed by atoms with Gasteiger partial charge in [-0.3, -0.25) is 19.6 Å². The average molecular weight is 1010 g/mol. The maximum absolute atomic E-state index is 12.8. The number of hydrogen-bond donors (Lipinski definition) is 7. The van der Waals surface area contributed by atoms with Crippen LogP contribution in [0.5, 0.6) is 11.5 Å². The molecule has 2 rings (SSSR count). The van der Waals surface area contributed by atoms with E-state index in [0.717, 1.165) is 62.2 Å². The Labute approximate surface area is 422 Å². The van der Waals surface area contributed by atoms with Crippen LogP contribution in [0.2, 0.25) is 0 Å². The van der Waals surface area contributed by atoms with Crippen LogP contribution in [0.3, 0.4) is 0 Å². The third-order valence-corrected chi connectivity index (χ3v) is 12.7. The lowest BCUT2D eigenvalue weighted by Crippen LogP contribution is -2.46. The lowest BCUT2D eigenvalue weighted by atomic mass is 10.1. The molecule has 2 atom stereocenters. The molecular formula is C53H75N4O11S2+. The first kappa shape index (κ1) is 60.4. The highest BCUT2D eigenvalue weighted by Gasteiger charge is 2.22. The second kappa shape index (κ2) is 33.7. The first-order valence-corrected chi connectivity index (χ1v) is 25.7. The van der Waals surface area contributed by atoms with E-state index in [2.05, 4.69) is 87.0 Å². The summed E-state index contributed by atoms with van der Waals surface area (Å²) in [5.74, 6) is -2.98. The third kappa shape index (κ3) is 26.9. The fourth-order valence-electron chi connectivity index (χ4n) is 6.42. The van der Waals surface area contributed by atoms with Crippen LogP contribution in [0.25, 0.3) is 0 Å². The molecule has 15 nitrogen and oxygen atoms in total. The number of phenolic OH excluding ortho intramolecular Hbond substituents is 2. The van der Waals surface area contributed by atoms with Gasteiger partial charge in [0.25, 0.3) is 5.91 Å². The molecule has 0 heterocycles. The molecule has 0 radical (unpaired) electrons. The molecule has 0 unspecified atom stereocenters. The van der Waals surface area contributed by atoms with Gasteiger partial charge in [-0.15, -0.1) is 0 Å². The van der Waals surface area contributed by atoms with Crippen molar-refractivity contribution in [2.24, 2.45) is 0 Å². The van der Waals surface area contributed by atoms with E-state index in [0.29, 0.717) is 22.8 Å². The van der Waals surface area contributed by atoms with Gasteiger partial charge in [-0.2, -0.15) is 23.5 Å². The van der Waals surface area contributed by atoms with E-state index in [9.17, 15) is 44.4 Å². The number of hydrogen-bond acceptors (Lipinski definition) is 11. The van der Waals surface area contributed by atoms with Gasteiger partial charge in [0.2, 0.25) is 11.8 Å². The van der Waals surface area contributed by atoms with Crippen molar-refractivity contribution in [3.63, 3.8) is 0 Å². The Hall–Kier alpha value is -5.75. The maximum atomic E-state index is 12.8. The monoisotopic (exact) mass is 1010 g/mol. The number of aliphatic carboxylic acids is 2. The number of carboxylic acids is 2. The Morgan fingerprint density at radius 1 is 0.629 bits per heavy atom. The van der Waals surface area contributed by atoms with Crippen LogP contribution in [0.4, 0.5) is 5.69 Å². The predicted molar refractivity (Wildman–Crippen MR) is 283 cm³/mol. The summed E-state index contributed by atoms with van der Waals surface area (Å²) in [6, 6.07) is 7.98. The topological polar surface area (TPSA) is 238 Å². The molecule has 0 aromatic heterocycles. The van der Waals surface area contributed by atoms with Gasteiger partial charge in [-0.05, 0) is 153 Å². The summed E-state index contributed by atoms with van der Waals surface area (Å²) in [7, 11) is 0.